The first kappa shape index (κ1) is 22.5. The van der Waals surface area contributed by atoms with E-state index < -0.39 is 23.8 Å². The van der Waals surface area contributed by atoms with Crippen molar-refractivity contribution >= 4 is 11.7 Å². The van der Waals surface area contributed by atoms with Crippen molar-refractivity contribution in [3.63, 3.8) is 0 Å². The lowest BCUT2D eigenvalue weighted by atomic mass is 10.2. The molecule has 1 unspecified atom stereocenters. The molecule has 0 saturated carbocycles. The number of aliphatic hydroxyl groups is 1. The Hall–Kier alpha value is -2.81. The number of rotatable bonds is 9. The van der Waals surface area contributed by atoms with Crippen molar-refractivity contribution in [1.29, 1.82) is 0 Å². The molecule has 158 valence electrons. The second-order valence-electron chi connectivity index (χ2n) is 6.28. The van der Waals surface area contributed by atoms with Gasteiger partial charge in [0.2, 0.25) is 0 Å². The minimum absolute atomic E-state index is 0.0126. The SMILES string of the molecule is CCN(CC)c1ccc(C(=O)NCC(O)COc2cccc(C(F)(F)F)c2)cn1. The molecule has 2 N–H and O–H groups in total. The molecule has 2 rings (SSSR count). The number of ether oxygens (including phenoxy) is 1. The highest BCUT2D eigenvalue weighted by molar-refractivity contribution is 5.94. The molecule has 0 aliphatic heterocycles. The van der Waals surface area contributed by atoms with Gasteiger partial charge >= 0.3 is 6.18 Å². The smallest absolute Gasteiger partial charge is 0.416 e. The van der Waals surface area contributed by atoms with Crippen LogP contribution in [0.25, 0.3) is 0 Å². The van der Waals surface area contributed by atoms with Gasteiger partial charge < -0.3 is 20.1 Å². The predicted octanol–water partition coefficient (Wildman–Crippen LogP) is 3.12. The van der Waals surface area contributed by atoms with Gasteiger partial charge in [-0.05, 0) is 44.2 Å². The molecule has 0 aliphatic rings. The number of halogens is 3. The Morgan fingerprint density at radius 2 is 1.97 bits per heavy atom. The molecular weight excluding hydrogens is 387 g/mol. The van der Waals surface area contributed by atoms with Crippen LogP contribution in [0.4, 0.5) is 19.0 Å². The number of alkyl halides is 3. The first-order valence-electron chi connectivity index (χ1n) is 9.21. The average molecular weight is 411 g/mol. The lowest BCUT2D eigenvalue weighted by Gasteiger charge is -2.19. The van der Waals surface area contributed by atoms with Crippen LogP contribution in [0.3, 0.4) is 0 Å². The molecular formula is C20H24F3N3O3. The van der Waals surface area contributed by atoms with E-state index in [1.807, 2.05) is 18.7 Å². The summed E-state index contributed by atoms with van der Waals surface area (Å²) in [6.07, 6.45) is -4.11. The van der Waals surface area contributed by atoms with Gasteiger partial charge in [-0.1, -0.05) is 6.07 Å². The maximum atomic E-state index is 12.7. The Morgan fingerprint density at radius 3 is 2.55 bits per heavy atom. The van der Waals surface area contributed by atoms with Gasteiger partial charge in [0, 0.05) is 25.8 Å². The van der Waals surface area contributed by atoms with Crippen LogP contribution in [0, 0.1) is 0 Å². The van der Waals surface area contributed by atoms with E-state index in [4.69, 9.17) is 4.74 Å². The lowest BCUT2D eigenvalue weighted by molar-refractivity contribution is -0.137. The van der Waals surface area contributed by atoms with E-state index in [2.05, 4.69) is 10.3 Å². The Labute approximate surface area is 167 Å². The number of aliphatic hydroxyl groups excluding tert-OH is 1. The number of carbonyl (C=O) groups excluding carboxylic acids is 1. The molecule has 6 nitrogen and oxygen atoms in total. The van der Waals surface area contributed by atoms with Crippen molar-refractivity contribution in [3.05, 3.63) is 53.7 Å². The van der Waals surface area contributed by atoms with E-state index in [0.29, 0.717) is 5.56 Å². The number of anilines is 1. The monoisotopic (exact) mass is 411 g/mol. The second-order valence-corrected chi connectivity index (χ2v) is 6.28. The number of nitrogens with one attached hydrogen (secondary N) is 1. The van der Waals surface area contributed by atoms with Crippen molar-refractivity contribution in [2.45, 2.75) is 26.1 Å². The molecule has 0 aliphatic carbocycles. The molecule has 29 heavy (non-hydrogen) atoms. The van der Waals surface area contributed by atoms with Gasteiger partial charge in [-0.15, -0.1) is 0 Å². The van der Waals surface area contributed by atoms with Gasteiger partial charge in [-0.2, -0.15) is 13.2 Å². The van der Waals surface area contributed by atoms with E-state index >= 15 is 0 Å². The van der Waals surface area contributed by atoms with Crippen LogP contribution in [0.15, 0.2) is 42.6 Å². The van der Waals surface area contributed by atoms with Crippen molar-refractivity contribution in [1.82, 2.24) is 10.3 Å². The summed E-state index contributed by atoms with van der Waals surface area (Å²) in [5, 5.41) is 12.5. The lowest BCUT2D eigenvalue weighted by Crippen LogP contribution is -2.35. The Kier molecular flexibility index (Phi) is 7.83. The molecule has 1 atom stereocenters. The Balaban J connectivity index is 1.83. The largest absolute Gasteiger partial charge is 0.491 e. The number of pyridine rings is 1. The third-order valence-electron chi connectivity index (χ3n) is 4.20. The van der Waals surface area contributed by atoms with Crippen LogP contribution in [0.2, 0.25) is 0 Å². The summed E-state index contributed by atoms with van der Waals surface area (Å²) in [5.41, 5.74) is -0.495. The summed E-state index contributed by atoms with van der Waals surface area (Å²) in [5.74, 6) is 0.337. The fourth-order valence-corrected chi connectivity index (χ4v) is 2.58. The molecule has 1 amide bonds. The molecule has 1 aromatic heterocycles. The Morgan fingerprint density at radius 1 is 1.24 bits per heavy atom. The molecule has 0 radical (unpaired) electrons. The van der Waals surface area contributed by atoms with Crippen molar-refractivity contribution < 1.29 is 27.8 Å². The van der Waals surface area contributed by atoms with Crippen LogP contribution < -0.4 is 15.0 Å². The van der Waals surface area contributed by atoms with Crippen molar-refractivity contribution in [2.24, 2.45) is 0 Å². The molecule has 0 fully saturated rings. The number of amides is 1. The molecule has 9 heteroatoms. The highest BCUT2D eigenvalue weighted by Crippen LogP contribution is 2.31. The van der Waals surface area contributed by atoms with Gasteiger partial charge in [0.25, 0.3) is 5.91 Å². The van der Waals surface area contributed by atoms with Gasteiger partial charge in [0.15, 0.2) is 0 Å². The fraction of sp³-hybridized carbons (Fsp3) is 0.400. The van der Waals surface area contributed by atoms with Gasteiger partial charge in [0.1, 0.15) is 24.3 Å². The number of aromatic nitrogens is 1. The van der Waals surface area contributed by atoms with E-state index in [-0.39, 0.29) is 18.9 Å². The minimum Gasteiger partial charge on any atom is -0.491 e. The third-order valence-corrected chi connectivity index (χ3v) is 4.20. The van der Waals surface area contributed by atoms with Crippen LogP contribution in [0.1, 0.15) is 29.8 Å². The normalized spacial score (nSPS) is 12.3. The molecule has 0 bridgehead atoms. The summed E-state index contributed by atoms with van der Waals surface area (Å²) >= 11 is 0. The fourth-order valence-electron chi connectivity index (χ4n) is 2.58. The first-order chi connectivity index (χ1) is 13.7. The van der Waals surface area contributed by atoms with Crippen LogP contribution >= 0.6 is 0 Å². The highest BCUT2D eigenvalue weighted by atomic mass is 19.4. The topological polar surface area (TPSA) is 74.7 Å². The average Bonchev–Trinajstić information content (AvgIpc) is 2.71. The number of carbonyl (C=O) groups is 1. The van der Waals surface area contributed by atoms with E-state index in [1.165, 1.54) is 18.3 Å². The third kappa shape index (κ3) is 6.63. The standard InChI is InChI=1S/C20H24F3N3O3/c1-3-26(4-2)18-9-8-14(11-24-18)19(28)25-12-16(27)13-29-17-7-5-6-15(10-17)20(21,22)23/h5-11,16,27H,3-4,12-13H2,1-2H3,(H,25,28). The molecule has 0 saturated heterocycles. The number of nitrogens with zero attached hydrogens (tertiary/aromatic N) is 2. The number of hydrogen-bond acceptors (Lipinski definition) is 5. The summed E-state index contributed by atoms with van der Waals surface area (Å²) < 4.78 is 43.3. The number of benzene rings is 1. The predicted molar refractivity (Wildman–Crippen MR) is 103 cm³/mol. The van der Waals surface area contributed by atoms with E-state index in [1.54, 1.807) is 12.1 Å². The summed E-state index contributed by atoms with van der Waals surface area (Å²) in [6, 6.07) is 7.76. The van der Waals surface area contributed by atoms with Crippen LogP contribution in [0.5, 0.6) is 5.75 Å². The highest BCUT2D eigenvalue weighted by Gasteiger charge is 2.30. The molecule has 1 heterocycles. The quantitative estimate of drug-likeness (QED) is 0.663. The zero-order valence-electron chi connectivity index (χ0n) is 16.2. The second kappa shape index (κ2) is 10.1. The van der Waals surface area contributed by atoms with E-state index in [0.717, 1.165) is 31.0 Å². The van der Waals surface area contributed by atoms with Crippen molar-refractivity contribution in [2.75, 3.05) is 31.1 Å². The Bertz CT molecular complexity index is 794. The van der Waals surface area contributed by atoms with Crippen molar-refractivity contribution in [3.8, 4) is 5.75 Å². The van der Waals surface area contributed by atoms with Gasteiger partial charge in [-0.25, -0.2) is 4.98 Å². The van der Waals surface area contributed by atoms with Crippen LogP contribution in [-0.2, 0) is 6.18 Å². The molecule has 2 aromatic rings. The maximum Gasteiger partial charge on any atom is 0.416 e. The van der Waals surface area contributed by atoms with E-state index in [9.17, 15) is 23.1 Å². The van der Waals surface area contributed by atoms with Crippen LogP contribution in [-0.4, -0.2) is 48.3 Å². The van der Waals surface area contributed by atoms with Gasteiger partial charge in [-0.3, -0.25) is 4.79 Å². The van der Waals surface area contributed by atoms with Gasteiger partial charge in [0.05, 0.1) is 11.1 Å². The number of hydrogen-bond donors (Lipinski definition) is 2. The first-order valence-corrected chi connectivity index (χ1v) is 9.21. The summed E-state index contributed by atoms with van der Waals surface area (Å²) in [4.78, 5) is 18.5. The molecule has 1 aromatic carbocycles. The summed E-state index contributed by atoms with van der Waals surface area (Å²) in [7, 11) is 0. The molecule has 0 spiro atoms. The maximum absolute atomic E-state index is 12.7. The zero-order valence-corrected chi connectivity index (χ0v) is 16.2. The zero-order chi connectivity index (χ0) is 21.4. The summed E-state index contributed by atoms with van der Waals surface area (Å²) in [6.45, 7) is 5.24. The minimum atomic E-state index is -4.47.